The van der Waals surface area contributed by atoms with Crippen LogP contribution in [-0.4, -0.2) is 17.0 Å². The van der Waals surface area contributed by atoms with Gasteiger partial charge in [-0.3, -0.25) is 4.79 Å². The Hall–Kier alpha value is -3.52. The van der Waals surface area contributed by atoms with E-state index in [1.807, 2.05) is 0 Å². The molecule has 0 saturated carbocycles. The van der Waals surface area contributed by atoms with E-state index in [1.165, 1.54) is 12.1 Å². The van der Waals surface area contributed by atoms with Gasteiger partial charge in [0.15, 0.2) is 0 Å². The van der Waals surface area contributed by atoms with Crippen LogP contribution in [0.1, 0.15) is 18.9 Å². The summed E-state index contributed by atoms with van der Waals surface area (Å²) in [7, 11) is 0. The third-order valence-electron chi connectivity index (χ3n) is 4.41. The van der Waals surface area contributed by atoms with Crippen molar-refractivity contribution in [2.45, 2.75) is 20.0 Å². The van der Waals surface area contributed by atoms with Gasteiger partial charge in [0.25, 0.3) is 0 Å². The summed E-state index contributed by atoms with van der Waals surface area (Å²) in [5.74, 6) is -2.44. The molecule has 0 aliphatic carbocycles. The van der Waals surface area contributed by atoms with Crippen molar-refractivity contribution in [1.29, 1.82) is 0 Å². The van der Waals surface area contributed by atoms with Crippen LogP contribution >= 0.6 is 11.6 Å². The maximum atomic E-state index is 14.3. The first-order valence-corrected chi connectivity index (χ1v) is 9.65. The summed E-state index contributed by atoms with van der Waals surface area (Å²) < 4.78 is 33.8. The number of hydrogen-bond acceptors (Lipinski definition) is 4. The molecule has 2 amide bonds. The number of carbonyl (C=O) groups is 2. The largest absolute Gasteiger partial charge is 0.461 e. The minimum absolute atomic E-state index is 0.0882. The second-order valence-electron chi connectivity index (χ2n) is 6.41. The Morgan fingerprint density at radius 2 is 1.71 bits per heavy atom. The van der Waals surface area contributed by atoms with Gasteiger partial charge in [-0.25, -0.2) is 23.5 Å². The average Bonchev–Trinajstić information content (AvgIpc) is 2.75. The molecular formula is C22H18ClF2N3O3. The van der Waals surface area contributed by atoms with Crippen molar-refractivity contribution >= 4 is 35.1 Å². The number of ether oxygens (including phenoxy) is 1. The number of nitrogens with zero attached hydrogens (tertiary/aromatic N) is 2. The maximum absolute atomic E-state index is 14.3. The number of esters is 1. The zero-order chi connectivity index (χ0) is 22.5. The van der Waals surface area contributed by atoms with Crippen molar-refractivity contribution in [3.05, 3.63) is 76.8 Å². The first-order chi connectivity index (χ1) is 14.8. The molecule has 160 valence electrons. The Morgan fingerprint density at radius 1 is 1.06 bits per heavy atom. The van der Waals surface area contributed by atoms with Crippen LogP contribution in [0.15, 0.2) is 54.6 Å². The number of para-hydroxylation sites is 1. The summed E-state index contributed by atoms with van der Waals surface area (Å²) >= 11 is 6.29. The molecule has 3 rings (SSSR count). The van der Waals surface area contributed by atoms with Gasteiger partial charge in [0.05, 0.1) is 5.69 Å². The van der Waals surface area contributed by atoms with E-state index in [0.717, 1.165) is 12.1 Å². The van der Waals surface area contributed by atoms with Crippen molar-refractivity contribution in [3.8, 4) is 11.3 Å². The van der Waals surface area contributed by atoms with E-state index in [-0.39, 0.29) is 18.8 Å². The number of nitrogens with two attached hydrogens (primary N) is 1. The number of urea groups is 1. The number of halogens is 3. The zero-order valence-corrected chi connectivity index (χ0v) is 17.2. The number of benzene rings is 2. The lowest BCUT2D eigenvalue weighted by Crippen LogP contribution is -2.33. The van der Waals surface area contributed by atoms with Gasteiger partial charge in [0.1, 0.15) is 29.7 Å². The van der Waals surface area contributed by atoms with Crippen LogP contribution in [0.3, 0.4) is 0 Å². The molecule has 2 N–H and O–H groups in total. The molecule has 0 fully saturated rings. The van der Waals surface area contributed by atoms with Crippen molar-refractivity contribution in [1.82, 2.24) is 4.98 Å². The van der Waals surface area contributed by atoms with Crippen LogP contribution in [0, 0.1) is 11.6 Å². The van der Waals surface area contributed by atoms with Crippen molar-refractivity contribution < 1.29 is 23.1 Å². The first kappa shape index (κ1) is 22.2. The van der Waals surface area contributed by atoms with Crippen LogP contribution in [0.5, 0.6) is 0 Å². The Morgan fingerprint density at radius 3 is 2.35 bits per heavy atom. The summed E-state index contributed by atoms with van der Waals surface area (Å²) in [6.45, 7) is 1.58. The number of primary amides is 1. The highest BCUT2D eigenvalue weighted by Gasteiger charge is 2.24. The number of aromatic nitrogens is 1. The third kappa shape index (κ3) is 4.80. The lowest BCUT2D eigenvalue weighted by Gasteiger charge is -2.21. The highest BCUT2D eigenvalue weighted by Crippen LogP contribution is 2.33. The standard InChI is InChI=1S/C22H18ClF2N3O3/c1-2-20(29)31-12-14-13(6-3-7-15(14)23)18-10-5-11-19(27-18)28(22(26)30)21-16(24)8-4-9-17(21)25/h3-11H,2,12H2,1H3,(H2,26,30). The summed E-state index contributed by atoms with van der Waals surface area (Å²) in [5, 5.41) is 0.348. The van der Waals surface area contributed by atoms with Gasteiger partial charge in [-0.05, 0) is 30.3 Å². The molecule has 0 spiro atoms. The van der Waals surface area contributed by atoms with E-state index in [2.05, 4.69) is 4.98 Å². The van der Waals surface area contributed by atoms with E-state index in [4.69, 9.17) is 22.1 Å². The minimum atomic E-state index is -1.11. The van der Waals surface area contributed by atoms with E-state index in [9.17, 15) is 18.4 Å². The van der Waals surface area contributed by atoms with E-state index < -0.39 is 29.3 Å². The number of rotatable bonds is 6. The predicted molar refractivity (Wildman–Crippen MR) is 113 cm³/mol. The molecule has 0 aliphatic rings. The fourth-order valence-corrected chi connectivity index (χ4v) is 3.17. The predicted octanol–water partition coefficient (Wildman–Crippen LogP) is 5.35. The summed E-state index contributed by atoms with van der Waals surface area (Å²) in [4.78, 5) is 28.7. The smallest absolute Gasteiger partial charge is 0.325 e. The Balaban J connectivity index is 2.09. The van der Waals surface area contributed by atoms with Gasteiger partial charge >= 0.3 is 12.0 Å². The second kappa shape index (κ2) is 9.53. The minimum Gasteiger partial charge on any atom is -0.461 e. The van der Waals surface area contributed by atoms with E-state index in [1.54, 1.807) is 37.3 Å². The van der Waals surface area contributed by atoms with Crippen LogP contribution in [0.2, 0.25) is 5.02 Å². The van der Waals surface area contributed by atoms with Crippen LogP contribution in [0.25, 0.3) is 11.3 Å². The normalized spacial score (nSPS) is 10.6. The number of anilines is 2. The summed E-state index contributed by atoms with van der Waals surface area (Å²) in [6, 6.07) is 11.7. The number of pyridine rings is 1. The number of hydrogen-bond donors (Lipinski definition) is 1. The quantitative estimate of drug-likeness (QED) is 0.518. The molecule has 0 saturated heterocycles. The molecule has 0 atom stereocenters. The first-order valence-electron chi connectivity index (χ1n) is 9.27. The van der Waals surface area contributed by atoms with Crippen LogP contribution < -0.4 is 10.6 Å². The second-order valence-corrected chi connectivity index (χ2v) is 6.81. The fourth-order valence-electron chi connectivity index (χ4n) is 2.94. The van der Waals surface area contributed by atoms with Crippen molar-refractivity contribution in [2.24, 2.45) is 5.73 Å². The van der Waals surface area contributed by atoms with Gasteiger partial charge in [0, 0.05) is 22.6 Å². The van der Waals surface area contributed by atoms with Crippen molar-refractivity contribution in [2.75, 3.05) is 4.90 Å². The van der Waals surface area contributed by atoms with Gasteiger partial charge in [-0.1, -0.05) is 42.8 Å². The molecule has 9 heteroatoms. The molecule has 2 aromatic carbocycles. The third-order valence-corrected chi connectivity index (χ3v) is 4.76. The highest BCUT2D eigenvalue weighted by molar-refractivity contribution is 6.31. The molecule has 31 heavy (non-hydrogen) atoms. The van der Waals surface area contributed by atoms with Gasteiger partial charge in [-0.15, -0.1) is 0 Å². The molecule has 0 radical (unpaired) electrons. The average molecular weight is 446 g/mol. The van der Waals surface area contributed by atoms with Crippen LogP contribution in [0.4, 0.5) is 25.1 Å². The lowest BCUT2D eigenvalue weighted by atomic mass is 10.0. The molecular weight excluding hydrogens is 428 g/mol. The molecule has 0 aliphatic heterocycles. The monoisotopic (exact) mass is 445 g/mol. The van der Waals surface area contributed by atoms with Gasteiger partial charge < -0.3 is 10.5 Å². The topological polar surface area (TPSA) is 85.5 Å². The molecule has 6 nitrogen and oxygen atoms in total. The van der Waals surface area contributed by atoms with Gasteiger partial charge in [0.2, 0.25) is 0 Å². The molecule has 1 heterocycles. The van der Waals surface area contributed by atoms with Crippen molar-refractivity contribution in [3.63, 3.8) is 0 Å². The van der Waals surface area contributed by atoms with Crippen LogP contribution in [-0.2, 0) is 16.1 Å². The maximum Gasteiger partial charge on any atom is 0.325 e. The Bertz CT molecular complexity index is 1120. The number of carbonyl (C=O) groups excluding carboxylic acids is 2. The molecule has 1 aromatic heterocycles. The van der Waals surface area contributed by atoms with E-state index in [0.29, 0.717) is 26.7 Å². The fraction of sp³-hybridized carbons (Fsp3) is 0.136. The SMILES string of the molecule is CCC(=O)OCc1c(Cl)cccc1-c1cccc(N(C(N)=O)c2c(F)cccc2F)n1. The summed E-state index contributed by atoms with van der Waals surface area (Å²) in [6.07, 6.45) is 0.204. The number of amides is 2. The lowest BCUT2D eigenvalue weighted by molar-refractivity contribution is -0.144. The van der Waals surface area contributed by atoms with Gasteiger partial charge in [-0.2, -0.15) is 0 Å². The summed E-state index contributed by atoms with van der Waals surface area (Å²) in [5.41, 5.74) is 6.14. The molecule has 0 bridgehead atoms. The zero-order valence-electron chi connectivity index (χ0n) is 16.4. The highest BCUT2D eigenvalue weighted by atomic mass is 35.5. The van der Waals surface area contributed by atoms with E-state index >= 15 is 0 Å². The molecule has 0 unspecified atom stereocenters. The Kier molecular flexibility index (Phi) is 6.81. The molecule has 3 aromatic rings. The Labute approximate surface area is 182 Å².